The molecule has 4 nitrogen and oxygen atoms in total. The Balaban J connectivity index is 1.87. The smallest absolute Gasteiger partial charge is 0.416 e. The number of hydrogen-bond donors (Lipinski definition) is 0. The molecule has 4 rings (SSSR count). The maximum atomic E-state index is 13.0. The van der Waals surface area contributed by atoms with E-state index >= 15 is 0 Å². The van der Waals surface area contributed by atoms with Crippen LogP contribution in [0, 0.1) is 6.92 Å². The van der Waals surface area contributed by atoms with Gasteiger partial charge in [-0.3, -0.25) is 4.99 Å². The van der Waals surface area contributed by atoms with Crippen molar-refractivity contribution in [2.24, 2.45) is 4.99 Å². The lowest BCUT2D eigenvalue weighted by Gasteiger charge is -2.12. The summed E-state index contributed by atoms with van der Waals surface area (Å²) in [6.45, 7) is 1.76. The molecular weight excluding hydrogens is 331 g/mol. The lowest BCUT2D eigenvalue weighted by atomic mass is 10.2. The molecule has 2 heterocycles. The second-order valence-electron chi connectivity index (χ2n) is 5.59. The van der Waals surface area contributed by atoms with Crippen LogP contribution in [0.3, 0.4) is 0 Å². The average molecular weight is 343 g/mol. The van der Waals surface area contributed by atoms with Gasteiger partial charge in [0.25, 0.3) is 0 Å². The Labute approximate surface area is 141 Å². The minimum atomic E-state index is -4.43. The number of aromatic nitrogens is 2. The first-order chi connectivity index (χ1) is 11.9. The van der Waals surface area contributed by atoms with Crippen molar-refractivity contribution in [1.82, 2.24) is 9.78 Å². The molecule has 1 aliphatic heterocycles. The summed E-state index contributed by atoms with van der Waals surface area (Å²) >= 11 is 0. The van der Waals surface area contributed by atoms with Crippen molar-refractivity contribution in [2.45, 2.75) is 13.1 Å². The summed E-state index contributed by atoms with van der Waals surface area (Å²) < 4.78 is 46.3. The van der Waals surface area contributed by atoms with E-state index in [9.17, 15) is 13.2 Å². The van der Waals surface area contributed by atoms with Crippen LogP contribution in [-0.2, 0) is 6.18 Å². The minimum Gasteiger partial charge on any atom is -0.436 e. The molecule has 0 spiro atoms. The standard InChI is InChI=1S/C18H12F3N3O/c1-11-14-10-22-15-7-2-3-8-16(15)25-17(14)24(23-11)13-6-4-5-12(9-13)18(19,20)21/h2-10H,1H3. The van der Waals surface area contributed by atoms with E-state index in [1.807, 2.05) is 6.07 Å². The van der Waals surface area contributed by atoms with Crippen molar-refractivity contribution in [1.29, 1.82) is 0 Å². The maximum absolute atomic E-state index is 13.0. The number of hydrogen-bond acceptors (Lipinski definition) is 3. The highest BCUT2D eigenvalue weighted by atomic mass is 19.4. The number of nitrogens with zero attached hydrogens (tertiary/aromatic N) is 3. The van der Waals surface area contributed by atoms with Crippen LogP contribution >= 0.6 is 0 Å². The van der Waals surface area contributed by atoms with E-state index in [0.717, 1.165) is 12.1 Å². The number of aryl methyl sites for hydroxylation is 1. The van der Waals surface area contributed by atoms with Gasteiger partial charge in [0.1, 0.15) is 5.69 Å². The van der Waals surface area contributed by atoms with Crippen molar-refractivity contribution in [3.05, 3.63) is 65.4 Å². The molecule has 0 bridgehead atoms. The van der Waals surface area contributed by atoms with Crippen LogP contribution in [0.15, 0.2) is 53.5 Å². The molecule has 0 radical (unpaired) electrons. The van der Waals surface area contributed by atoms with Gasteiger partial charge in [0.05, 0.1) is 22.5 Å². The Kier molecular flexibility index (Phi) is 3.38. The predicted octanol–water partition coefficient (Wildman–Crippen LogP) is 5.06. The van der Waals surface area contributed by atoms with Gasteiger partial charge in [0.15, 0.2) is 5.75 Å². The summed E-state index contributed by atoms with van der Waals surface area (Å²) in [4.78, 5) is 4.37. The second kappa shape index (κ2) is 5.47. The molecule has 0 saturated heterocycles. The minimum absolute atomic E-state index is 0.270. The molecule has 0 unspecified atom stereocenters. The molecule has 1 aliphatic rings. The molecular formula is C18H12F3N3O. The molecule has 126 valence electrons. The van der Waals surface area contributed by atoms with Gasteiger partial charge in [0, 0.05) is 6.21 Å². The second-order valence-corrected chi connectivity index (χ2v) is 5.59. The van der Waals surface area contributed by atoms with Gasteiger partial charge in [-0.05, 0) is 37.3 Å². The number of fused-ring (bicyclic) bond motifs is 2. The van der Waals surface area contributed by atoms with Crippen LogP contribution in [0.5, 0.6) is 11.6 Å². The fraction of sp³-hybridized carbons (Fsp3) is 0.111. The third-order valence-corrected chi connectivity index (χ3v) is 3.89. The summed E-state index contributed by atoms with van der Waals surface area (Å²) in [7, 11) is 0. The first kappa shape index (κ1) is 15.4. The van der Waals surface area contributed by atoms with E-state index in [-0.39, 0.29) is 5.69 Å². The molecule has 25 heavy (non-hydrogen) atoms. The lowest BCUT2D eigenvalue weighted by Crippen LogP contribution is -2.07. The molecule has 0 amide bonds. The highest BCUT2D eigenvalue weighted by molar-refractivity contribution is 5.88. The lowest BCUT2D eigenvalue weighted by molar-refractivity contribution is -0.137. The summed E-state index contributed by atoms with van der Waals surface area (Å²) in [5, 5.41) is 4.33. The summed E-state index contributed by atoms with van der Waals surface area (Å²) in [6, 6.07) is 12.2. The molecule has 0 atom stereocenters. The van der Waals surface area contributed by atoms with Crippen molar-refractivity contribution < 1.29 is 17.9 Å². The first-order valence-electron chi connectivity index (χ1n) is 7.52. The Morgan fingerprint density at radius 1 is 1.04 bits per heavy atom. The number of rotatable bonds is 1. The first-order valence-corrected chi connectivity index (χ1v) is 7.52. The van der Waals surface area contributed by atoms with Gasteiger partial charge >= 0.3 is 6.18 Å². The van der Waals surface area contributed by atoms with Crippen LogP contribution in [0.1, 0.15) is 16.8 Å². The fourth-order valence-corrected chi connectivity index (χ4v) is 2.64. The molecule has 1 aromatic heterocycles. The van der Waals surface area contributed by atoms with Crippen molar-refractivity contribution in [3.63, 3.8) is 0 Å². The van der Waals surface area contributed by atoms with Crippen LogP contribution in [-0.4, -0.2) is 16.0 Å². The summed E-state index contributed by atoms with van der Waals surface area (Å²) in [5.41, 5.74) is 1.42. The van der Waals surface area contributed by atoms with E-state index < -0.39 is 11.7 Å². The fourth-order valence-electron chi connectivity index (χ4n) is 2.64. The number of halogens is 3. The monoisotopic (exact) mass is 343 g/mol. The zero-order valence-electron chi connectivity index (χ0n) is 13.1. The zero-order chi connectivity index (χ0) is 17.6. The number of aliphatic imine (C=N–C) groups is 1. The summed E-state index contributed by atoms with van der Waals surface area (Å²) in [5.74, 6) is 0.858. The van der Waals surface area contributed by atoms with Crippen LogP contribution < -0.4 is 4.74 Å². The average Bonchev–Trinajstić information content (AvgIpc) is 2.78. The summed E-state index contributed by atoms with van der Waals surface area (Å²) in [6.07, 6.45) is -2.81. The van der Waals surface area contributed by atoms with E-state index in [2.05, 4.69) is 10.1 Å². The van der Waals surface area contributed by atoms with Gasteiger partial charge in [-0.15, -0.1) is 0 Å². The molecule has 0 N–H and O–H groups in total. The van der Waals surface area contributed by atoms with E-state index in [0.29, 0.717) is 28.6 Å². The third-order valence-electron chi connectivity index (χ3n) is 3.89. The van der Waals surface area contributed by atoms with Crippen LogP contribution in [0.4, 0.5) is 18.9 Å². The molecule has 0 fully saturated rings. The van der Waals surface area contributed by atoms with Crippen molar-refractivity contribution in [3.8, 4) is 17.3 Å². The molecule has 2 aromatic carbocycles. The Morgan fingerprint density at radius 2 is 1.84 bits per heavy atom. The quantitative estimate of drug-likeness (QED) is 0.485. The van der Waals surface area contributed by atoms with Gasteiger partial charge < -0.3 is 4.74 Å². The van der Waals surface area contributed by atoms with Crippen LogP contribution in [0.25, 0.3) is 5.69 Å². The van der Waals surface area contributed by atoms with E-state index in [1.54, 1.807) is 37.4 Å². The Hall–Kier alpha value is -3.09. The highest BCUT2D eigenvalue weighted by Crippen LogP contribution is 2.38. The number of para-hydroxylation sites is 2. The van der Waals surface area contributed by atoms with Gasteiger partial charge in [-0.1, -0.05) is 18.2 Å². The van der Waals surface area contributed by atoms with Gasteiger partial charge in [-0.25, -0.2) is 0 Å². The number of ether oxygens (including phenoxy) is 1. The van der Waals surface area contributed by atoms with Crippen molar-refractivity contribution in [2.75, 3.05) is 0 Å². The largest absolute Gasteiger partial charge is 0.436 e. The maximum Gasteiger partial charge on any atom is 0.416 e. The highest BCUT2D eigenvalue weighted by Gasteiger charge is 2.31. The van der Waals surface area contributed by atoms with Gasteiger partial charge in [-0.2, -0.15) is 23.0 Å². The number of alkyl halides is 3. The van der Waals surface area contributed by atoms with E-state index in [4.69, 9.17) is 4.74 Å². The van der Waals surface area contributed by atoms with E-state index in [1.165, 1.54) is 10.7 Å². The zero-order valence-corrected chi connectivity index (χ0v) is 13.1. The molecule has 0 saturated carbocycles. The van der Waals surface area contributed by atoms with Crippen LogP contribution in [0.2, 0.25) is 0 Å². The third kappa shape index (κ3) is 2.67. The van der Waals surface area contributed by atoms with Gasteiger partial charge in [0.2, 0.25) is 5.88 Å². The van der Waals surface area contributed by atoms with Crippen molar-refractivity contribution >= 4 is 11.9 Å². The topological polar surface area (TPSA) is 39.4 Å². The molecule has 0 aliphatic carbocycles. The normalized spacial score (nSPS) is 13.0. The molecule has 3 aromatic rings. The molecule has 7 heteroatoms. The SMILES string of the molecule is Cc1nn(-c2cccc(C(F)(F)F)c2)c2c1C=Nc1ccccc1O2. The predicted molar refractivity (Wildman–Crippen MR) is 87.1 cm³/mol. The number of benzene rings is 2. The Bertz CT molecular complexity index is 989. The Morgan fingerprint density at radius 3 is 2.64 bits per heavy atom.